The van der Waals surface area contributed by atoms with Crippen LogP contribution in [0, 0.1) is 22.7 Å². The number of nitriles is 2. The summed E-state index contributed by atoms with van der Waals surface area (Å²) in [7, 11) is -4.12. The molecule has 23 heavy (non-hydrogen) atoms. The lowest BCUT2D eigenvalue weighted by Crippen LogP contribution is -2.11. The van der Waals surface area contributed by atoms with Crippen molar-refractivity contribution in [3.05, 3.63) is 53.6 Å². The first-order valence-electron chi connectivity index (χ1n) is 6.61. The van der Waals surface area contributed by atoms with Crippen LogP contribution in [0.5, 0.6) is 11.5 Å². The highest BCUT2D eigenvalue weighted by molar-refractivity contribution is 7.87. The lowest BCUT2D eigenvalue weighted by atomic mass is 10.2. The molecule has 0 aliphatic rings. The molecular weight excluding hydrogens is 316 g/mol. The molecule has 0 saturated carbocycles. The minimum Gasteiger partial charge on any atom is -0.490 e. The number of ether oxygens (including phenoxy) is 1. The molecule has 0 fully saturated rings. The number of nitrogens with zero attached hydrogens (tertiary/aromatic N) is 2. The van der Waals surface area contributed by atoms with E-state index in [0.717, 1.165) is 0 Å². The zero-order valence-electron chi connectivity index (χ0n) is 12.2. The molecule has 0 aliphatic carbocycles. The van der Waals surface area contributed by atoms with Crippen LogP contribution in [0.1, 0.15) is 18.1 Å². The van der Waals surface area contributed by atoms with Crippen molar-refractivity contribution in [1.29, 1.82) is 10.5 Å². The van der Waals surface area contributed by atoms with Crippen LogP contribution in [0.4, 0.5) is 0 Å². The first kappa shape index (κ1) is 16.3. The van der Waals surface area contributed by atoms with Crippen LogP contribution < -0.4 is 8.92 Å². The maximum atomic E-state index is 12.3. The first-order valence-corrected chi connectivity index (χ1v) is 8.02. The highest BCUT2D eigenvalue weighted by atomic mass is 32.2. The molecule has 2 aromatic carbocycles. The number of benzene rings is 2. The van der Waals surface area contributed by atoms with Crippen LogP contribution in [0.25, 0.3) is 0 Å². The summed E-state index contributed by atoms with van der Waals surface area (Å²) >= 11 is 0. The second-order valence-corrected chi connectivity index (χ2v) is 5.93. The van der Waals surface area contributed by atoms with Gasteiger partial charge >= 0.3 is 10.1 Å². The molecule has 0 heterocycles. The monoisotopic (exact) mass is 328 g/mol. The molecule has 0 N–H and O–H groups in total. The maximum Gasteiger partial charge on any atom is 0.339 e. The van der Waals surface area contributed by atoms with E-state index >= 15 is 0 Å². The summed E-state index contributed by atoms with van der Waals surface area (Å²) in [5.41, 5.74) is 0.532. The molecule has 2 rings (SSSR count). The van der Waals surface area contributed by atoms with Gasteiger partial charge < -0.3 is 8.92 Å². The van der Waals surface area contributed by atoms with Crippen molar-refractivity contribution in [3.8, 4) is 23.6 Å². The van der Waals surface area contributed by atoms with E-state index in [-0.39, 0.29) is 28.6 Å². The first-order chi connectivity index (χ1) is 11.0. The van der Waals surface area contributed by atoms with E-state index < -0.39 is 10.1 Å². The smallest absolute Gasteiger partial charge is 0.339 e. The van der Waals surface area contributed by atoms with E-state index in [4.69, 9.17) is 19.4 Å². The molecule has 7 heteroatoms. The SMILES string of the molecule is CCOc1cc(C#N)ccc1OS(=O)(=O)c1cccc(C#N)c1. The molecule has 0 aliphatic heterocycles. The van der Waals surface area contributed by atoms with Crippen LogP contribution >= 0.6 is 0 Å². The lowest BCUT2D eigenvalue weighted by molar-refractivity contribution is 0.327. The van der Waals surface area contributed by atoms with Crippen molar-refractivity contribution in [2.24, 2.45) is 0 Å². The van der Waals surface area contributed by atoms with Crippen molar-refractivity contribution in [1.82, 2.24) is 0 Å². The van der Waals surface area contributed by atoms with Crippen LogP contribution in [0.3, 0.4) is 0 Å². The predicted octanol–water partition coefficient (Wildman–Crippen LogP) is 2.60. The molecule has 0 atom stereocenters. The Kier molecular flexibility index (Phi) is 4.85. The standard InChI is InChI=1S/C16H12N2O4S/c1-2-21-16-9-13(11-18)6-7-15(16)22-23(19,20)14-5-3-4-12(8-14)10-17/h3-9H,2H2,1H3. The van der Waals surface area contributed by atoms with Crippen LogP contribution in [-0.2, 0) is 10.1 Å². The van der Waals surface area contributed by atoms with Crippen molar-refractivity contribution >= 4 is 10.1 Å². The van der Waals surface area contributed by atoms with Gasteiger partial charge in [0.15, 0.2) is 11.5 Å². The van der Waals surface area contributed by atoms with Gasteiger partial charge in [-0.3, -0.25) is 0 Å². The maximum absolute atomic E-state index is 12.3. The lowest BCUT2D eigenvalue weighted by Gasteiger charge is -2.12. The summed E-state index contributed by atoms with van der Waals surface area (Å²) in [5, 5.41) is 17.7. The van der Waals surface area contributed by atoms with Crippen molar-refractivity contribution in [3.63, 3.8) is 0 Å². The molecule has 0 amide bonds. The molecule has 0 unspecified atom stereocenters. The Hall–Kier alpha value is -3.03. The van der Waals surface area contributed by atoms with Crippen LogP contribution in [0.15, 0.2) is 47.4 Å². The van der Waals surface area contributed by atoms with Crippen molar-refractivity contribution in [2.45, 2.75) is 11.8 Å². The second-order valence-electron chi connectivity index (χ2n) is 4.38. The summed E-state index contributed by atoms with van der Waals surface area (Å²) in [4.78, 5) is -0.136. The van der Waals surface area contributed by atoms with Gasteiger partial charge in [-0.1, -0.05) is 6.07 Å². The van der Waals surface area contributed by atoms with Gasteiger partial charge in [0.05, 0.1) is 29.9 Å². The zero-order chi connectivity index (χ0) is 16.9. The van der Waals surface area contributed by atoms with Gasteiger partial charge in [0.2, 0.25) is 0 Å². The third-order valence-corrected chi connectivity index (χ3v) is 4.05. The van der Waals surface area contributed by atoms with Gasteiger partial charge in [-0.15, -0.1) is 0 Å². The van der Waals surface area contributed by atoms with E-state index in [1.807, 2.05) is 12.1 Å². The van der Waals surface area contributed by atoms with Crippen molar-refractivity contribution < 1.29 is 17.3 Å². The molecule has 2 aromatic rings. The summed E-state index contributed by atoms with van der Waals surface area (Å²) in [6.07, 6.45) is 0. The van der Waals surface area contributed by atoms with E-state index in [9.17, 15) is 8.42 Å². The normalized spacial score (nSPS) is 10.4. The quantitative estimate of drug-likeness (QED) is 0.782. The molecule has 0 spiro atoms. The van der Waals surface area contributed by atoms with E-state index in [1.54, 1.807) is 6.92 Å². The zero-order valence-corrected chi connectivity index (χ0v) is 13.0. The second kappa shape index (κ2) is 6.82. The molecule has 0 bridgehead atoms. The van der Waals surface area contributed by atoms with Crippen LogP contribution in [0.2, 0.25) is 0 Å². The number of rotatable bonds is 5. The minimum atomic E-state index is -4.12. The summed E-state index contributed by atoms with van der Waals surface area (Å²) < 4.78 is 35.1. The fourth-order valence-electron chi connectivity index (χ4n) is 1.80. The third-order valence-electron chi connectivity index (χ3n) is 2.82. The molecule has 6 nitrogen and oxygen atoms in total. The molecule has 0 saturated heterocycles. The average molecular weight is 328 g/mol. The Morgan fingerprint density at radius 3 is 2.35 bits per heavy atom. The minimum absolute atomic E-state index is 0.0202. The summed E-state index contributed by atoms with van der Waals surface area (Å²) in [6.45, 7) is 2.02. The average Bonchev–Trinajstić information content (AvgIpc) is 2.56. The topological polar surface area (TPSA) is 100 Å². The Bertz CT molecular complexity index is 908. The van der Waals surface area contributed by atoms with E-state index in [0.29, 0.717) is 5.56 Å². The summed E-state index contributed by atoms with van der Waals surface area (Å²) in [5.74, 6) is 0.139. The highest BCUT2D eigenvalue weighted by Gasteiger charge is 2.20. The van der Waals surface area contributed by atoms with Gasteiger partial charge in [0.1, 0.15) is 4.90 Å². The Morgan fingerprint density at radius 1 is 1.00 bits per heavy atom. The highest BCUT2D eigenvalue weighted by Crippen LogP contribution is 2.31. The fourth-order valence-corrected chi connectivity index (χ4v) is 2.79. The summed E-state index contributed by atoms with van der Waals surface area (Å²) in [6, 6.07) is 13.5. The van der Waals surface area contributed by atoms with E-state index in [2.05, 4.69) is 0 Å². The number of hydrogen-bond donors (Lipinski definition) is 0. The molecular formula is C16H12N2O4S. The molecule has 0 radical (unpaired) electrons. The van der Waals surface area contributed by atoms with Crippen LogP contribution in [-0.4, -0.2) is 15.0 Å². The predicted molar refractivity (Wildman–Crippen MR) is 81.3 cm³/mol. The Labute approximate surface area is 134 Å². The van der Waals surface area contributed by atoms with Gasteiger partial charge in [-0.05, 0) is 37.3 Å². The van der Waals surface area contributed by atoms with Gasteiger partial charge in [-0.25, -0.2) is 0 Å². The number of hydrogen-bond acceptors (Lipinski definition) is 6. The van der Waals surface area contributed by atoms with Crippen molar-refractivity contribution in [2.75, 3.05) is 6.61 Å². The fraction of sp³-hybridized carbons (Fsp3) is 0.125. The third kappa shape index (κ3) is 3.79. The Morgan fingerprint density at radius 2 is 1.70 bits per heavy atom. The van der Waals surface area contributed by atoms with Gasteiger partial charge in [0, 0.05) is 6.07 Å². The molecule has 116 valence electrons. The largest absolute Gasteiger partial charge is 0.490 e. The Balaban J connectivity index is 2.41. The van der Waals surface area contributed by atoms with Gasteiger partial charge in [-0.2, -0.15) is 18.9 Å². The van der Waals surface area contributed by atoms with Gasteiger partial charge in [0.25, 0.3) is 0 Å². The van der Waals surface area contributed by atoms with E-state index in [1.165, 1.54) is 42.5 Å². The molecule has 0 aromatic heterocycles.